The van der Waals surface area contributed by atoms with Crippen molar-refractivity contribution in [1.29, 1.82) is 5.26 Å². The lowest BCUT2D eigenvalue weighted by atomic mass is 10.0. The van der Waals surface area contributed by atoms with E-state index in [1.165, 1.54) is 44.5 Å². The number of aromatic nitrogens is 3. The molecule has 1 fully saturated rings. The Kier molecular flexibility index (Phi) is 9.22. The Bertz CT molecular complexity index is 1490. The van der Waals surface area contributed by atoms with Gasteiger partial charge in [-0.3, -0.25) is 9.97 Å². The number of rotatable bonds is 11. The second-order valence-corrected chi connectivity index (χ2v) is 10.7. The van der Waals surface area contributed by atoms with Crippen LogP contribution in [0.25, 0.3) is 23.1 Å². The van der Waals surface area contributed by atoms with Gasteiger partial charge in [0.25, 0.3) is 0 Å². The summed E-state index contributed by atoms with van der Waals surface area (Å²) in [6.07, 6.45) is 19.1. The van der Waals surface area contributed by atoms with Crippen LogP contribution in [0.15, 0.2) is 55.2 Å². The van der Waals surface area contributed by atoms with Crippen LogP contribution in [0.4, 0.5) is 11.4 Å². The molecule has 0 bridgehead atoms. The molecule has 0 atom stereocenters. The van der Waals surface area contributed by atoms with Crippen LogP contribution in [0.3, 0.4) is 0 Å². The third-order valence-electron chi connectivity index (χ3n) is 7.83. The summed E-state index contributed by atoms with van der Waals surface area (Å²) in [5.41, 5.74) is 7.57. The van der Waals surface area contributed by atoms with Gasteiger partial charge in [0.15, 0.2) is 0 Å². The van der Waals surface area contributed by atoms with Crippen molar-refractivity contribution in [1.82, 2.24) is 25.2 Å². The number of piperidine rings is 1. The van der Waals surface area contributed by atoms with Crippen molar-refractivity contribution >= 4 is 34.4 Å². The maximum atomic E-state index is 9.79. The van der Waals surface area contributed by atoms with Crippen LogP contribution < -0.4 is 10.6 Å². The SMILES string of the molecule is CCCN1CCC(NCCCc2cncc(/C=C/c3cncc(C#N)c3Nc3ccc4[nH]ccc4c3C)c2)CC1. The molecule has 4 aromatic rings. The highest BCUT2D eigenvalue weighted by atomic mass is 15.1. The number of aryl methyl sites for hydroxylation is 2. The second kappa shape index (κ2) is 13.4. The number of likely N-dealkylation sites (tertiary alicyclic amines) is 1. The van der Waals surface area contributed by atoms with Crippen molar-refractivity contribution in [3.8, 4) is 6.07 Å². The minimum absolute atomic E-state index is 0.506. The maximum Gasteiger partial charge on any atom is 0.103 e. The molecule has 0 saturated carbocycles. The highest BCUT2D eigenvalue weighted by Crippen LogP contribution is 2.31. The number of hydrogen-bond acceptors (Lipinski definition) is 6. The molecule has 7 nitrogen and oxygen atoms in total. The Morgan fingerprint density at radius 3 is 2.77 bits per heavy atom. The zero-order chi connectivity index (χ0) is 27.7. The lowest BCUT2D eigenvalue weighted by Crippen LogP contribution is -2.43. The number of benzene rings is 1. The molecule has 5 rings (SSSR count). The van der Waals surface area contributed by atoms with E-state index in [-0.39, 0.29) is 0 Å². The molecule has 0 spiro atoms. The van der Waals surface area contributed by atoms with E-state index in [4.69, 9.17) is 0 Å². The van der Waals surface area contributed by atoms with Crippen LogP contribution in [0, 0.1) is 18.3 Å². The number of nitrogens with one attached hydrogen (secondary N) is 3. The molecule has 0 amide bonds. The van der Waals surface area contributed by atoms with E-state index in [2.05, 4.69) is 68.6 Å². The zero-order valence-corrected chi connectivity index (χ0v) is 23.6. The first-order valence-corrected chi connectivity index (χ1v) is 14.4. The van der Waals surface area contributed by atoms with Crippen molar-refractivity contribution in [2.75, 3.05) is 31.5 Å². The average Bonchev–Trinajstić information content (AvgIpc) is 3.47. The van der Waals surface area contributed by atoms with Gasteiger partial charge in [-0.25, -0.2) is 0 Å². The Balaban J connectivity index is 1.21. The molecular weight excluding hydrogens is 494 g/mol. The summed E-state index contributed by atoms with van der Waals surface area (Å²) >= 11 is 0. The van der Waals surface area contributed by atoms with Crippen LogP contribution in [0.2, 0.25) is 0 Å². The fraction of sp³-hybridized carbons (Fsp3) is 0.364. The number of anilines is 2. The molecule has 40 heavy (non-hydrogen) atoms. The van der Waals surface area contributed by atoms with Crippen LogP contribution in [-0.4, -0.2) is 52.1 Å². The lowest BCUT2D eigenvalue weighted by Gasteiger charge is -2.32. The number of H-pyrrole nitrogens is 1. The van der Waals surface area contributed by atoms with Gasteiger partial charge >= 0.3 is 0 Å². The van der Waals surface area contributed by atoms with Crippen LogP contribution >= 0.6 is 0 Å². The standard InChI is InChI=1S/C33H39N7/c1-3-15-40-16-11-29(12-17-40)37-13-4-5-25-18-26(21-35-20-25)6-7-27-22-36-23-28(19-34)33(27)39-31-8-9-32-30(24(31)2)10-14-38-32/h6-10,14,18,20-23,29,37-38H,3-5,11-13,15-17H2,1-2H3,(H,36,39)/b7-6+. The first-order valence-electron chi connectivity index (χ1n) is 14.4. The smallest absolute Gasteiger partial charge is 0.103 e. The van der Waals surface area contributed by atoms with Crippen molar-refractivity contribution < 1.29 is 0 Å². The highest BCUT2D eigenvalue weighted by molar-refractivity contribution is 5.90. The van der Waals surface area contributed by atoms with E-state index in [1.54, 1.807) is 12.4 Å². The van der Waals surface area contributed by atoms with Crippen molar-refractivity contribution in [2.45, 2.75) is 52.0 Å². The van der Waals surface area contributed by atoms with E-state index in [1.807, 2.05) is 36.8 Å². The monoisotopic (exact) mass is 533 g/mol. The fourth-order valence-corrected chi connectivity index (χ4v) is 5.58. The largest absolute Gasteiger partial charge is 0.361 e. The van der Waals surface area contributed by atoms with Gasteiger partial charge in [0.05, 0.1) is 11.3 Å². The average molecular weight is 534 g/mol. The van der Waals surface area contributed by atoms with Crippen LogP contribution in [0.5, 0.6) is 0 Å². The number of nitrogens with zero attached hydrogens (tertiary/aromatic N) is 4. The first-order chi connectivity index (χ1) is 19.6. The van der Waals surface area contributed by atoms with E-state index >= 15 is 0 Å². The van der Waals surface area contributed by atoms with Gasteiger partial charge in [0.1, 0.15) is 6.07 Å². The van der Waals surface area contributed by atoms with Crippen molar-refractivity contribution in [3.05, 3.63) is 83.1 Å². The van der Waals surface area contributed by atoms with Crippen LogP contribution in [0.1, 0.15) is 60.4 Å². The molecule has 1 aliphatic heterocycles. The van der Waals surface area contributed by atoms with Gasteiger partial charge in [-0.1, -0.05) is 19.1 Å². The molecule has 7 heteroatoms. The van der Waals surface area contributed by atoms with Crippen molar-refractivity contribution in [2.24, 2.45) is 0 Å². The van der Waals surface area contributed by atoms with Gasteiger partial charge in [0, 0.05) is 59.2 Å². The number of pyridine rings is 2. The summed E-state index contributed by atoms with van der Waals surface area (Å²) in [7, 11) is 0. The molecule has 3 aromatic heterocycles. The predicted octanol–water partition coefficient (Wildman–Crippen LogP) is 6.45. The van der Waals surface area contributed by atoms with Gasteiger partial charge in [-0.15, -0.1) is 0 Å². The van der Waals surface area contributed by atoms with Gasteiger partial charge < -0.3 is 20.5 Å². The molecule has 0 radical (unpaired) electrons. The fourth-order valence-electron chi connectivity index (χ4n) is 5.58. The van der Waals surface area contributed by atoms with E-state index < -0.39 is 0 Å². The van der Waals surface area contributed by atoms with E-state index in [0.29, 0.717) is 11.6 Å². The van der Waals surface area contributed by atoms with Crippen LogP contribution in [-0.2, 0) is 6.42 Å². The van der Waals surface area contributed by atoms with E-state index in [0.717, 1.165) is 58.4 Å². The molecule has 3 N–H and O–H groups in total. The number of aromatic amines is 1. The highest BCUT2D eigenvalue weighted by Gasteiger charge is 2.17. The minimum Gasteiger partial charge on any atom is -0.361 e. The number of nitriles is 1. The Morgan fingerprint density at radius 1 is 1.10 bits per heavy atom. The molecular formula is C33H39N7. The summed E-state index contributed by atoms with van der Waals surface area (Å²) in [5, 5.41) is 18.2. The Hall–Kier alpha value is -3.99. The molecule has 1 aliphatic rings. The summed E-state index contributed by atoms with van der Waals surface area (Å²) in [4.78, 5) is 14.6. The van der Waals surface area contributed by atoms with E-state index in [9.17, 15) is 5.26 Å². The number of hydrogen-bond donors (Lipinski definition) is 3. The summed E-state index contributed by atoms with van der Waals surface area (Å²) in [6, 6.07) is 11.3. The van der Waals surface area contributed by atoms with Crippen molar-refractivity contribution in [3.63, 3.8) is 0 Å². The third kappa shape index (κ3) is 6.77. The van der Waals surface area contributed by atoms with Gasteiger partial charge in [0.2, 0.25) is 0 Å². The molecule has 206 valence electrons. The maximum absolute atomic E-state index is 9.79. The van der Waals surface area contributed by atoms with Gasteiger partial charge in [-0.2, -0.15) is 5.26 Å². The normalized spacial score (nSPS) is 14.6. The molecule has 1 aromatic carbocycles. The number of fused-ring (bicyclic) bond motifs is 1. The molecule has 4 heterocycles. The Morgan fingerprint density at radius 2 is 1.95 bits per heavy atom. The summed E-state index contributed by atoms with van der Waals surface area (Å²) in [6.45, 7) is 9.05. The Labute approximate surface area is 237 Å². The summed E-state index contributed by atoms with van der Waals surface area (Å²) < 4.78 is 0. The first kappa shape index (κ1) is 27.6. The predicted molar refractivity (Wildman–Crippen MR) is 165 cm³/mol. The minimum atomic E-state index is 0.506. The molecule has 0 aliphatic carbocycles. The quantitative estimate of drug-likeness (QED) is 0.192. The molecule has 1 saturated heterocycles. The zero-order valence-electron chi connectivity index (χ0n) is 23.6. The topological polar surface area (TPSA) is 92.7 Å². The third-order valence-corrected chi connectivity index (χ3v) is 7.83. The van der Waals surface area contributed by atoms with Gasteiger partial charge in [-0.05, 0) is 106 Å². The lowest BCUT2D eigenvalue weighted by molar-refractivity contribution is 0.198. The molecule has 0 unspecified atom stereocenters. The summed E-state index contributed by atoms with van der Waals surface area (Å²) in [5.74, 6) is 0. The second-order valence-electron chi connectivity index (χ2n) is 10.7.